The van der Waals surface area contributed by atoms with Crippen molar-refractivity contribution in [1.82, 2.24) is 4.98 Å². The minimum atomic E-state index is -0.369. The Bertz CT molecular complexity index is 531. The van der Waals surface area contributed by atoms with E-state index < -0.39 is 0 Å². The highest BCUT2D eigenvalue weighted by molar-refractivity contribution is 6.36. The maximum Gasteiger partial charge on any atom is 0.340 e. The van der Waals surface area contributed by atoms with Gasteiger partial charge in [-0.05, 0) is 19.1 Å². The molecule has 0 aliphatic rings. The van der Waals surface area contributed by atoms with Crippen molar-refractivity contribution >= 4 is 28.5 Å². The number of aryl methyl sites for hydroxylation is 1. The van der Waals surface area contributed by atoms with E-state index >= 15 is 0 Å². The minimum Gasteiger partial charge on any atom is -0.465 e. The summed E-state index contributed by atoms with van der Waals surface area (Å²) in [5.41, 5.74) is 2.13. The van der Waals surface area contributed by atoms with E-state index in [1.54, 1.807) is 6.07 Å². The van der Waals surface area contributed by atoms with Gasteiger partial charge in [-0.2, -0.15) is 0 Å². The summed E-state index contributed by atoms with van der Waals surface area (Å²) in [6, 6.07) is 5.46. The van der Waals surface area contributed by atoms with Crippen LogP contribution in [0.3, 0.4) is 0 Å². The van der Waals surface area contributed by atoms with Crippen molar-refractivity contribution in [2.45, 2.75) is 6.92 Å². The Morgan fingerprint density at radius 2 is 2.20 bits per heavy atom. The largest absolute Gasteiger partial charge is 0.465 e. The molecule has 0 saturated heterocycles. The lowest BCUT2D eigenvalue weighted by atomic mass is 10.1. The highest BCUT2D eigenvalue weighted by atomic mass is 35.5. The Balaban J connectivity index is 2.82. The van der Waals surface area contributed by atoms with E-state index in [-0.39, 0.29) is 5.97 Å². The zero-order chi connectivity index (χ0) is 11.0. The van der Waals surface area contributed by atoms with Crippen molar-refractivity contribution in [2.75, 3.05) is 7.11 Å². The van der Waals surface area contributed by atoms with Gasteiger partial charge in [-0.1, -0.05) is 17.7 Å². The van der Waals surface area contributed by atoms with E-state index in [0.29, 0.717) is 10.6 Å². The fourth-order valence-electron chi connectivity index (χ4n) is 1.69. The summed E-state index contributed by atoms with van der Waals surface area (Å²) >= 11 is 6.05. The number of hydrogen-bond donors (Lipinski definition) is 1. The average Bonchev–Trinajstić information content (AvgIpc) is 2.55. The Labute approximate surface area is 92.0 Å². The van der Waals surface area contributed by atoms with Crippen molar-refractivity contribution in [3.63, 3.8) is 0 Å². The molecule has 15 heavy (non-hydrogen) atoms. The highest BCUT2D eigenvalue weighted by Gasteiger charge is 2.18. The molecule has 2 rings (SSSR count). The Morgan fingerprint density at radius 3 is 2.87 bits per heavy atom. The number of fused-ring (bicyclic) bond motifs is 1. The summed E-state index contributed by atoms with van der Waals surface area (Å²) in [7, 11) is 1.36. The summed E-state index contributed by atoms with van der Waals surface area (Å²) in [6.45, 7) is 1.82. The summed E-state index contributed by atoms with van der Waals surface area (Å²) < 4.78 is 4.72. The molecule has 0 spiro atoms. The summed E-state index contributed by atoms with van der Waals surface area (Å²) in [5, 5.41) is 1.28. The van der Waals surface area contributed by atoms with Crippen LogP contribution in [0.1, 0.15) is 16.1 Å². The van der Waals surface area contributed by atoms with E-state index in [0.717, 1.165) is 16.6 Å². The van der Waals surface area contributed by atoms with Gasteiger partial charge >= 0.3 is 5.97 Å². The number of esters is 1. The smallest absolute Gasteiger partial charge is 0.340 e. The minimum absolute atomic E-state index is 0.369. The number of ether oxygens (including phenoxy) is 1. The lowest BCUT2D eigenvalue weighted by Gasteiger charge is -1.99. The van der Waals surface area contributed by atoms with E-state index in [2.05, 4.69) is 4.98 Å². The van der Waals surface area contributed by atoms with Crippen molar-refractivity contribution in [1.29, 1.82) is 0 Å². The van der Waals surface area contributed by atoms with Gasteiger partial charge in [0.15, 0.2) is 0 Å². The van der Waals surface area contributed by atoms with Gasteiger partial charge in [0.2, 0.25) is 0 Å². The zero-order valence-electron chi connectivity index (χ0n) is 8.43. The van der Waals surface area contributed by atoms with Gasteiger partial charge in [0, 0.05) is 16.6 Å². The van der Waals surface area contributed by atoms with Gasteiger partial charge in [-0.25, -0.2) is 4.79 Å². The maximum absolute atomic E-state index is 11.6. The Kier molecular flexibility index (Phi) is 2.40. The van der Waals surface area contributed by atoms with Crippen LogP contribution >= 0.6 is 11.6 Å². The number of rotatable bonds is 1. The van der Waals surface area contributed by atoms with Crippen LogP contribution in [0.25, 0.3) is 10.9 Å². The predicted octanol–water partition coefficient (Wildman–Crippen LogP) is 2.92. The molecule has 0 atom stereocenters. The molecule has 0 aliphatic carbocycles. The number of H-pyrrole nitrogens is 1. The monoisotopic (exact) mass is 223 g/mol. The highest BCUT2D eigenvalue weighted by Crippen LogP contribution is 2.29. The topological polar surface area (TPSA) is 42.1 Å². The lowest BCUT2D eigenvalue weighted by molar-refractivity contribution is 0.0602. The molecule has 1 aromatic carbocycles. The summed E-state index contributed by atoms with van der Waals surface area (Å²) in [4.78, 5) is 14.7. The number of carbonyl (C=O) groups is 1. The fourth-order valence-corrected chi connectivity index (χ4v) is 1.96. The van der Waals surface area contributed by atoms with Crippen molar-refractivity contribution in [3.05, 3.63) is 34.5 Å². The molecule has 1 N–H and O–H groups in total. The molecular weight excluding hydrogens is 214 g/mol. The normalized spacial score (nSPS) is 10.6. The molecule has 78 valence electrons. The third-order valence-electron chi connectivity index (χ3n) is 2.35. The van der Waals surface area contributed by atoms with Crippen LogP contribution in [0.5, 0.6) is 0 Å². The zero-order valence-corrected chi connectivity index (χ0v) is 9.18. The van der Waals surface area contributed by atoms with Gasteiger partial charge in [-0.15, -0.1) is 0 Å². The molecule has 0 saturated carbocycles. The number of aromatic amines is 1. The quantitative estimate of drug-likeness (QED) is 0.756. The molecule has 3 nitrogen and oxygen atoms in total. The number of nitrogens with one attached hydrogen (secondary N) is 1. The summed E-state index contributed by atoms with van der Waals surface area (Å²) in [6.07, 6.45) is 0. The first-order valence-electron chi connectivity index (χ1n) is 4.50. The molecule has 0 fully saturated rings. The van der Waals surface area contributed by atoms with Gasteiger partial charge in [0.25, 0.3) is 0 Å². The fraction of sp³-hybridized carbons (Fsp3) is 0.182. The SMILES string of the molecule is COC(=O)c1c(C)[nH]c2cccc(Cl)c12. The van der Waals surface area contributed by atoms with Crippen LogP contribution in [-0.2, 0) is 4.74 Å². The van der Waals surface area contributed by atoms with Crippen LogP contribution < -0.4 is 0 Å². The molecule has 2 aromatic rings. The number of aromatic nitrogens is 1. The molecule has 0 unspecified atom stereocenters. The maximum atomic E-state index is 11.6. The third-order valence-corrected chi connectivity index (χ3v) is 2.67. The number of benzene rings is 1. The second kappa shape index (κ2) is 3.59. The lowest BCUT2D eigenvalue weighted by Crippen LogP contribution is -2.02. The third kappa shape index (κ3) is 1.49. The molecule has 1 aromatic heterocycles. The molecular formula is C11H10ClNO2. The average molecular weight is 224 g/mol. The first kappa shape index (κ1) is 10.1. The van der Waals surface area contributed by atoms with Crippen molar-refractivity contribution in [3.8, 4) is 0 Å². The second-order valence-electron chi connectivity index (χ2n) is 3.28. The van der Waals surface area contributed by atoms with E-state index in [9.17, 15) is 4.79 Å². The second-order valence-corrected chi connectivity index (χ2v) is 3.69. The van der Waals surface area contributed by atoms with E-state index in [4.69, 9.17) is 16.3 Å². The summed E-state index contributed by atoms with van der Waals surface area (Å²) in [5.74, 6) is -0.369. The van der Waals surface area contributed by atoms with Crippen molar-refractivity contribution in [2.24, 2.45) is 0 Å². The van der Waals surface area contributed by atoms with Gasteiger partial charge in [0.1, 0.15) is 0 Å². The number of halogens is 1. The van der Waals surface area contributed by atoms with Gasteiger partial charge in [-0.3, -0.25) is 0 Å². The molecule has 0 radical (unpaired) electrons. The number of carbonyl (C=O) groups excluding carboxylic acids is 1. The van der Waals surface area contributed by atoms with Crippen LogP contribution in [-0.4, -0.2) is 18.1 Å². The first-order valence-corrected chi connectivity index (χ1v) is 4.88. The van der Waals surface area contributed by atoms with Crippen LogP contribution in [0.15, 0.2) is 18.2 Å². The van der Waals surface area contributed by atoms with Crippen LogP contribution in [0, 0.1) is 6.92 Å². The van der Waals surface area contributed by atoms with Crippen molar-refractivity contribution < 1.29 is 9.53 Å². The number of hydrogen-bond acceptors (Lipinski definition) is 2. The van der Waals surface area contributed by atoms with Gasteiger partial charge in [0.05, 0.1) is 17.7 Å². The molecule has 1 heterocycles. The van der Waals surface area contributed by atoms with Crippen LogP contribution in [0.2, 0.25) is 5.02 Å². The molecule has 0 bridgehead atoms. The first-order chi connectivity index (χ1) is 7.15. The van der Waals surface area contributed by atoms with E-state index in [1.165, 1.54) is 7.11 Å². The molecule has 4 heteroatoms. The standard InChI is InChI=1S/C11H10ClNO2/c1-6-9(11(14)15-2)10-7(12)4-3-5-8(10)13-6/h3-5,13H,1-2H3. The van der Waals surface area contributed by atoms with Gasteiger partial charge < -0.3 is 9.72 Å². The number of methoxy groups -OCH3 is 1. The van der Waals surface area contributed by atoms with E-state index in [1.807, 2.05) is 19.1 Å². The Morgan fingerprint density at radius 1 is 1.47 bits per heavy atom. The Hall–Kier alpha value is -1.48. The molecule has 0 amide bonds. The molecule has 0 aliphatic heterocycles. The van der Waals surface area contributed by atoms with Crippen LogP contribution in [0.4, 0.5) is 0 Å². The predicted molar refractivity (Wildman–Crippen MR) is 59.4 cm³/mol.